The number of nitrogens with zero attached hydrogens (tertiary/aromatic N) is 4. The van der Waals surface area contributed by atoms with Crippen LogP contribution in [0.15, 0.2) is 48.9 Å². The second-order valence-electron chi connectivity index (χ2n) is 9.03. The minimum Gasteiger partial charge on any atom is -0.352 e. The zero-order valence-electron chi connectivity index (χ0n) is 18.6. The van der Waals surface area contributed by atoms with E-state index >= 15 is 0 Å². The molecule has 6 heteroatoms. The molecule has 0 unspecified atom stereocenters. The first-order valence-electron chi connectivity index (χ1n) is 11.7. The summed E-state index contributed by atoms with van der Waals surface area (Å²) < 4.78 is 0. The fourth-order valence-electron chi connectivity index (χ4n) is 5.01. The molecule has 2 aromatic heterocycles. The molecule has 0 aliphatic carbocycles. The Morgan fingerprint density at radius 3 is 2.55 bits per heavy atom. The third kappa shape index (κ3) is 6.11. The summed E-state index contributed by atoms with van der Waals surface area (Å²) in [6.45, 7) is 7.29. The van der Waals surface area contributed by atoms with Gasteiger partial charge in [-0.05, 0) is 82.5 Å². The molecule has 6 nitrogen and oxygen atoms in total. The van der Waals surface area contributed by atoms with Crippen LogP contribution < -0.4 is 5.32 Å². The second-order valence-corrected chi connectivity index (χ2v) is 9.03. The van der Waals surface area contributed by atoms with Crippen LogP contribution in [0.5, 0.6) is 0 Å². The molecule has 4 heterocycles. The molecule has 1 N–H and O–H groups in total. The highest BCUT2D eigenvalue weighted by Gasteiger charge is 2.31. The fraction of sp³-hybridized carbons (Fsp3) is 0.560. The van der Waals surface area contributed by atoms with E-state index in [0.29, 0.717) is 18.6 Å². The van der Waals surface area contributed by atoms with Gasteiger partial charge in [-0.25, -0.2) is 0 Å². The lowest BCUT2D eigenvalue weighted by molar-refractivity contribution is -0.126. The van der Waals surface area contributed by atoms with Crippen LogP contribution in [0.1, 0.15) is 43.9 Å². The molecule has 0 radical (unpaired) electrons. The van der Waals surface area contributed by atoms with E-state index in [1.807, 2.05) is 30.6 Å². The summed E-state index contributed by atoms with van der Waals surface area (Å²) in [5.41, 5.74) is 2.23. The van der Waals surface area contributed by atoms with Crippen molar-refractivity contribution in [3.05, 3.63) is 60.2 Å². The van der Waals surface area contributed by atoms with Crippen molar-refractivity contribution >= 4 is 5.91 Å². The van der Waals surface area contributed by atoms with E-state index in [1.54, 1.807) is 6.20 Å². The van der Waals surface area contributed by atoms with Gasteiger partial charge in [-0.2, -0.15) is 0 Å². The van der Waals surface area contributed by atoms with Crippen molar-refractivity contribution in [3.63, 3.8) is 0 Å². The van der Waals surface area contributed by atoms with E-state index in [9.17, 15) is 4.79 Å². The number of likely N-dealkylation sites (tertiary alicyclic amines) is 2. The van der Waals surface area contributed by atoms with Gasteiger partial charge in [-0.3, -0.25) is 14.8 Å². The number of nitrogens with one attached hydrogen (secondary N) is 1. The van der Waals surface area contributed by atoms with Gasteiger partial charge in [0.15, 0.2) is 0 Å². The molecule has 2 saturated heterocycles. The lowest BCUT2D eigenvalue weighted by Crippen LogP contribution is -2.50. The first kappa shape index (κ1) is 21.9. The fourth-order valence-corrected chi connectivity index (χ4v) is 5.01. The van der Waals surface area contributed by atoms with Gasteiger partial charge in [0.2, 0.25) is 5.91 Å². The van der Waals surface area contributed by atoms with Gasteiger partial charge < -0.3 is 15.1 Å². The number of hydrogen-bond donors (Lipinski definition) is 1. The largest absolute Gasteiger partial charge is 0.352 e. The molecular weight excluding hydrogens is 386 g/mol. The minimum absolute atomic E-state index is 0.145. The molecular formula is C25H35N5O. The van der Waals surface area contributed by atoms with Gasteiger partial charge in [-0.1, -0.05) is 12.1 Å². The lowest BCUT2D eigenvalue weighted by atomic mass is 9.92. The van der Waals surface area contributed by atoms with E-state index in [2.05, 4.69) is 44.1 Å². The van der Waals surface area contributed by atoms with Crippen LogP contribution in [0.25, 0.3) is 0 Å². The smallest absolute Gasteiger partial charge is 0.223 e. The van der Waals surface area contributed by atoms with Crippen molar-refractivity contribution in [3.8, 4) is 0 Å². The Hall–Kier alpha value is -2.31. The molecule has 2 aliphatic heterocycles. The summed E-state index contributed by atoms with van der Waals surface area (Å²) in [7, 11) is 0. The van der Waals surface area contributed by atoms with Crippen molar-refractivity contribution < 1.29 is 4.79 Å². The third-order valence-corrected chi connectivity index (χ3v) is 6.96. The van der Waals surface area contributed by atoms with Crippen molar-refractivity contribution in [1.29, 1.82) is 0 Å². The molecule has 1 amide bonds. The quantitative estimate of drug-likeness (QED) is 0.745. The Labute approximate surface area is 186 Å². The first-order valence-corrected chi connectivity index (χ1v) is 11.7. The zero-order valence-corrected chi connectivity index (χ0v) is 18.6. The standard InChI is InChI=1S/C25H35N5O/c1-20(17-23-6-2-3-12-27-23)29-15-9-24(10-16-29)30-13-7-22(8-14-30)25(31)28-19-21-5-4-11-26-18-21/h2-6,11-12,18,20,22,24H,7-10,13-17,19H2,1H3,(H,28,31)/t20-/m0/s1. The van der Waals surface area contributed by atoms with Gasteiger partial charge in [0.1, 0.15) is 0 Å². The van der Waals surface area contributed by atoms with Gasteiger partial charge in [0.25, 0.3) is 0 Å². The van der Waals surface area contributed by atoms with Crippen molar-refractivity contribution in [1.82, 2.24) is 25.1 Å². The van der Waals surface area contributed by atoms with Gasteiger partial charge in [-0.15, -0.1) is 0 Å². The van der Waals surface area contributed by atoms with Crippen molar-refractivity contribution in [2.45, 2.75) is 57.7 Å². The molecule has 2 fully saturated rings. The SMILES string of the molecule is C[C@@H](Cc1ccccn1)N1CCC(N2CCC(C(=O)NCc3cccnc3)CC2)CC1. The van der Waals surface area contributed by atoms with Crippen molar-refractivity contribution in [2.75, 3.05) is 26.2 Å². The number of amides is 1. The van der Waals surface area contributed by atoms with Crippen LogP contribution in [0.4, 0.5) is 0 Å². The van der Waals surface area contributed by atoms with Crippen LogP contribution >= 0.6 is 0 Å². The summed E-state index contributed by atoms with van der Waals surface area (Å²) in [6, 6.07) is 11.3. The second kappa shape index (κ2) is 10.8. The van der Waals surface area contributed by atoms with Crippen LogP contribution in [0.3, 0.4) is 0 Å². The van der Waals surface area contributed by atoms with E-state index in [1.165, 1.54) is 18.5 Å². The number of piperidine rings is 2. The van der Waals surface area contributed by atoms with Crippen LogP contribution in [-0.2, 0) is 17.8 Å². The highest BCUT2D eigenvalue weighted by atomic mass is 16.1. The number of pyridine rings is 2. The van der Waals surface area contributed by atoms with E-state index < -0.39 is 0 Å². The predicted octanol–water partition coefficient (Wildman–Crippen LogP) is 2.90. The van der Waals surface area contributed by atoms with Gasteiger partial charge in [0, 0.05) is 55.3 Å². The molecule has 2 aromatic rings. The van der Waals surface area contributed by atoms with Crippen LogP contribution in [-0.4, -0.2) is 63.9 Å². The molecule has 2 aliphatic rings. The Morgan fingerprint density at radius 2 is 1.87 bits per heavy atom. The molecule has 0 spiro atoms. The highest BCUT2D eigenvalue weighted by molar-refractivity contribution is 5.78. The third-order valence-electron chi connectivity index (χ3n) is 6.96. The summed E-state index contributed by atoms with van der Waals surface area (Å²) >= 11 is 0. The molecule has 166 valence electrons. The summed E-state index contributed by atoms with van der Waals surface area (Å²) in [4.78, 5) is 26.4. The average molecular weight is 422 g/mol. The minimum atomic E-state index is 0.145. The number of aromatic nitrogens is 2. The maximum atomic E-state index is 12.6. The van der Waals surface area contributed by atoms with Gasteiger partial charge in [0.05, 0.1) is 0 Å². The zero-order chi connectivity index (χ0) is 21.5. The van der Waals surface area contributed by atoms with E-state index in [0.717, 1.165) is 51.0 Å². The Bertz CT molecular complexity index is 799. The summed E-state index contributed by atoms with van der Waals surface area (Å²) in [5.74, 6) is 0.341. The van der Waals surface area contributed by atoms with Crippen molar-refractivity contribution in [2.24, 2.45) is 5.92 Å². The topological polar surface area (TPSA) is 61.4 Å². The molecule has 0 bridgehead atoms. The number of carbonyl (C=O) groups excluding carboxylic acids is 1. The highest BCUT2D eigenvalue weighted by Crippen LogP contribution is 2.25. The number of hydrogen-bond acceptors (Lipinski definition) is 5. The van der Waals surface area contributed by atoms with Gasteiger partial charge >= 0.3 is 0 Å². The van der Waals surface area contributed by atoms with E-state index in [-0.39, 0.29) is 11.8 Å². The molecule has 0 saturated carbocycles. The molecule has 0 aromatic carbocycles. The maximum Gasteiger partial charge on any atom is 0.223 e. The summed E-state index contributed by atoms with van der Waals surface area (Å²) in [6.07, 6.45) is 10.9. The lowest BCUT2D eigenvalue weighted by Gasteiger charge is -2.43. The summed E-state index contributed by atoms with van der Waals surface area (Å²) in [5, 5.41) is 3.09. The van der Waals surface area contributed by atoms with Crippen LogP contribution in [0, 0.1) is 5.92 Å². The van der Waals surface area contributed by atoms with Crippen LogP contribution in [0.2, 0.25) is 0 Å². The number of rotatable bonds is 7. The normalized spacial score (nSPS) is 20.4. The monoisotopic (exact) mass is 421 g/mol. The Kier molecular flexibility index (Phi) is 7.65. The van der Waals surface area contributed by atoms with E-state index in [4.69, 9.17) is 0 Å². The Morgan fingerprint density at radius 1 is 1.06 bits per heavy atom. The predicted molar refractivity (Wildman–Crippen MR) is 122 cm³/mol. The maximum absolute atomic E-state index is 12.6. The first-order chi connectivity index (χ1) is 15.2. The number of carbonyl (C=O) groups is 1. The Balaban J connectivity index is 1.16. The molecule has 1 atom stereocenters. The molecule has 31 heavy (non-hydrogen) atoms. The molecule has 4 rings (SSSR count). The average Bonchev–Trinajstić information content (AvgIpc) is 2.84.